The maximum Gasteiger partial charge on any atom is 0.294 e. The topological polar surface area (TPSA) is 35.9 Å². The van der Waals surface area contributed by atoms with Crippen molar-refractivity contribution in [2.75, 3.05) is 7.05 Å². The lowest BCUT2D eigenvalue weighted by molar-refractivity contribution is -0.121. The molecule has 32 heavy (non-hydrogen) atoms. The Kier molecular flexibility index (Phi) is 4.95. The highest BCUT2D eigenvalue weighted by molar-refractivity contribution is 6.48. The number of aliphatic imine (C=N–C) groups is 1. The third-order valence-corrected chi connectivity index (χ3v) is 6.11. The van der Waals surface area contributed by atoms with Crippen LogP contribution < -0.4 is 0 Å². The van der Waals surface area contributed by atoms with Gasteiger partial charge in [-0.1, -0.05) is 83.4 Å². The van der Waals surface area contributed by atoms with Gasteiger partial charge in [-0.05, 0) is 37.6 Å². The minimum Gasteiger partial charge on any atom is -0.305 e. The van der Waals surface area contributed by atoms with Crippen LogP contribution in [0, 0.1) is 13.8 Å². The second kappa shape index (κ2) is 7.81. The Bertz CT molecular complexity index is 1320. The molecule has 158 valence electrons. The van der Waals surface area contributed by atoms with Gasteiger partial charge in [0.25, 0.3) is 5.91 Å². The third kappa shape index (κ3) is 3.33. The molecule has 4 nitrogen and oxygen atoms in total. The lowest BCUT2D eigenvalue weighted by atomic mass is 9.99. The molecule has 0 N–H and O–H groups in total. The highest BCUT2D eigenvalue weighted by Crippen LogP contribution is 2.43. The van der Waals surface area contributed by atoms with Gasteiger partial charge in [-0.2, -0.15) is 0 Å². The Morgan fingerprint density at radius 2 is 1.59 bits per heavy atom. The van der Waals surface area contributed by atoms with Gasteiger partial charge in [-0.15, -0.1) is 0 Å². The van der Waals surface area contributed by atoms with E-state index in [9.17, 15) is 4.79 Å². The molecular weight excluding hydrogens is 418 g/mol. The maximum atomic E-state index is 13.4. The van der Waals surface area contributed by atoms with Gasteiger partial charge in [-0.3, -0.25) is 9.69 Å². The minimum absolute atomic E-state index is 0.200. The Morgan fingerprint density at radius 3 is 2.31 bits per heavy atom. The van der Waals surface area contributed by atoms with Crippen molar-refractivity contribution in [3.05, 3.63) is 106 Å². The number of aryl methyl sites for hydroxylation is 2. The van der Waals surface area contributed by atoms with E-state index in [4.69, 9.17) is 16.6 Å². The van der Waals surface area contributed by atoms with Crippen molar-refractivity contribution in [3.63, 3.8) is 0 Å². The zero-order valence-electron chi connectivity index (χ0n) is 18.1. The summed E-state index contributed by atoms with van der Waals surface area (Å²) in [6.07, 6.45) is 2.07. The normalized spacial score (nSPS) is 16.8. The number of halogens is 1. The summed E-state index contributed by atoms with van der Waals surface area (Å²) in [6, 6.07) is 24.0. The fourth-order valence-electron chi connectivity index (χ4n) is 4.06. The van der Waals surface area contributed by atoms with E-state index in [0.29, 0.717) is 16.7 Å². The molecule has 3 aromatic carbocycles. The van der Waals surface area contributed by atoms with E-state index < -0.39 is 0 Å². The first-order valence-corrected chi connectivity index (χ1v) is 10.8. The van der Waals surface area contributed by atoms with Crippen molar-refractivity contribution >= 4 is 46.5 Å². The lowest BCUT2D eigenvalue weighted by Crippen LogP contribution is -2.47. The number of nitrogens with zero attached hydrogens (tertiary/aromatic N) is 3. The summed E-state index contributed by atoms with van der Waals surface area (Å²) in [6.45, 7) is 4.11. The van der Waals surface area contributed by atoms with E-state index in [0.717, 1.165) is 33.6 Å². The molecule has 0 saturated heterocycles. The average molecular weight is 440 g/mol. The number of fused-ring (bicyclic) bond motifs is 2. The molecule has 1 amide bonds. The van der Waals surface area contributed by atoms with Gasteiger partial charge in [0.2, 0.25) is 5.84 Å². The Hall–Kier alpha value is -3.63. The van der Waals surface area contributed by atoms with E-state index in [1.54, 1.807) is 16.8 Å². The van der Waals surface area contributed by atoms with Crippen molar-refractivity contribution in [1.29, 1.82) is 0 Å². The Balaban J connectivity index is 1.79. The standard InChI is InChI=1S/C27H22ClN3O/c1-17-9-12-19(13-10-17)16-23-21-15-18(2)11-14-22(21)29-26-27(32)30(3)24(25(28)31(23)26)20-7-5-4-6-8-20/h4-16H,1-3H3/b23-16+. The number of carbonyl (C=O) groups is 1. The highest BCUT2D eigenvalue weighted by Gasteiger charge is 2.40. The molecule has 3 aromatic rings. The second-order valence-electron chi connectivity index (χ2n) is 8.10. The van der Waals surface area contributed by atoms with Gasteiger partial charge in [0.15, 0.2) is 0 Å². The molecule has 0 saturated carbocycles. The summed E-state index contributed by atoms with van der Waals surface area (Å²) in [5.41, 5.74) is 7.38. The van der Waals surface area contributed by atoms with Crippen LogP contribution in [0.15, 0.2) is 82.9 Å². The van der Waals surface area contributed by atoms with Gasteiger partial charge in [-0.25, -0.2) is 4.99 Å². The predicted molar refractivity (Wildman–Crippen MR) is 131 cm³/mol. The number of amidine groups is 1. The fraction of sp³-hybridized carbons (Fsp3) is 0.111. The van der Waals surface area contributed by atoms with Crippen molar-refractivity contribution in [1.82, 2.24) is 9.80 Å². The molecule has 0 aliphatic carbocycles. The number of carbonyl (C=O) groups excluding carboxylic acids is 1. The minimum atomic E-state index is -0.200. The predicted octanol–water partition coefficient (Wildman–Crippen LogP) is 6.18. The van der Waals surface area contributed by atoms with Gasteiger partial charge in [0.1, 0.15) is 5.16 Å². The number of hydrogen-bond acceptors (Lipinski definition) is 3. The van der Waals surface area contributed by atoms with Crippen LogP contribution in [-0.2, 0) is 4.79 Å². The Labute approximate surface area is 192 Å². The number of benzene rings is 3. The molecular formula is C27H22ClN3O. The number of likely N-dealkylation sites (N-methyl/N-ethyl adjacent to an activating group) is 1. The summed E-state index contributed by atoms with van der Waals surface area (Å²) >= 11 is 7.03. The molecule has 0 fully saturated rings. The summed E-state index contributed by atoms with van der Waals surface area (Å²) < 4.78 is 0. The summed E-state index contributed by atoms with van der Waals surface area (Å²) in [7, 11) is 1.74. The fourth-order valence-corrected chi connectivity index (χ4v) is 4.47. The molecule has 0 atom stereocenters. The average Bonchev–Trinajstić information content (AvgIpc) is 2.80. The summed E-state index contributed by atoms with van der Waals surface area (Å²) in [4.78, 5) is 21.5. The van der Waals surface area contributed by atoms with Crippen LogP contribution in [0.3, 0.4) is 0 Å². The SMILES string of the molecule is Cc1ccc(/C=C2\c3cc(C)ccc3N=C3C(=O)N(C)C(c4ccccc4)=C(Cl)N32)cc1. The van der Waals surface area contributed by atoms with Crippen LogP contribution in [-0.4, -0.2) is 28.6 Å². The highest BCUT2D eigenvalue weighted by atomic mass is 35.5. The monoisotopic (exact) mass is 439 g/mol. The first-order chi connectivity index (χ1) is 15.4. The van der Waals surface area contributed by atoms with E-state index in [1.165, 1.54) is 5.56 Å². The molecule has 0 radical (unpaired) electrons. The zero-order chi connectivity index (χ0) is 22.4. The van der Waals surface area contributed by atoms with Gasteiger partial charge in [0.05, 0.1) is 17.1 Å². The third-order valence-electron chi connectivity index (χ3n) is 5.76. The van der Waals surface area contributed by atoms with Crippen molar-refractivity contribution < 1.29 is 4.79 Å². The van der Waals surface area contributed by atoms with E-state index in [-0.39, 0.29) is 5.91 Å². The van der Waals surface area contributed by atoms with Crippen LogP contribution in [0.4, 0.5) is 5.69 Å². The second-order valence-corrected chi connectivity index (χ2v) is 8.46. The van der Waals surface area contributed by atoms with Crippen LogP contribution >= 0.6 is 11.6 Å². The lowest BCUT2D eigenvalue weighted by Gasteiger charge is -2.39. The van der Waals surface area contributed by atoms with Gasteiger partial charge in [0, 0.05) is 18.2 Å². The van der Waals surface area contributed by atoms with E-state index in [1.807, 2.05) is 49.4 Å². The van der Waals surface area contributed by atoms with Gasteiger partial charge < -0.3 is 4.90 Å². The molecule has 0 unspecified atom stereocenters. The quantitative estimate of drug-likeness (QED) is 0.446. The van der Waals surface area contributed by atoms with Crippen molar-refractivity contribution in [3.8, 4) is 0 Å². The first-order valence-electron chi connectivity index (χ1n) is 10.5. The van der Waals surface area contributed by atoms with E-state index >= 15 is 0 Å². The van der Waals surface area contributed by atoms with Crippen LogP contribution in [0.25, 0.3) is 17.5 Å². The molecule has 0 bridgehead atoms. The maximum absolute atomic E-state index is 13.4. The Morgan fingerprint density at radius 1 is 0.906 bits per heavy atom. The summed E-state index contributed by atoms with van der Waals surface area (Å²) in [5, 5.41) is 0.447. The molecule has 0 spiro atoms. The molecule has 5 rings (SSSR count). The van der Waals surface area contributed by atoms with Crippen molar-refractivity contribution in [2.24, 2.45) is 4.99 Å². The smallest absolute Gasteiger partial charge is 0.294 e. The molecule has 0 aromatic heterocycles. The first kappa shape index (κ1) is 20.3. The number of hydrogen-bond donors (Lipinski definition) is 0. The zero-order valence-corrected chi connectivity index (χ0v) is 18.9. The van der Waals surface area contributed by atoms with Gasteiger partial charge >= 0.3 is 0 Å². The van der Waals surface area contributed by atoms with Crippen molar-refractivity contribution in [2.45, 2.75) is 13.8 Å². The van der Waals surface area contributed by atoms with E-state index in [2.05, 4.69) is 43.3 Å². The largest absolute Gasteiger partial charge is 0.305 e. The molecule has 2 heterocycles. The molecule has 5 heteroatoms. The van der Waals surface area contributed by atoms with Crippen LogP contribution in [0.1, 0.15) is 27.8 Å². The summed E-state index contributed by atoms with van der Waals surface area (Å²) in [5.74, 6) is 0.0983. The number of rotatable bonds is 2. The van der Waals surface area contributed by atoms with Crippen LogP contribution in [0.5, 0.6) is 0 Å². The number of amides is 1. The molecule has 2 aliphatic heterocycles. The molecule has 2 aliphatic rings. The van der Waals surface area contributed by atoms with Crippen LogP contribution in [0.2, 0.25) is 0 Å².